The number of carbonyl (C=O) groups is 1. The van der Waals surface area contributed by atoms with Crippen LogP contribution in [0.15, 0.2) is 70.5 Å². The minimum atomic E-state index is -0.175. The van der Waals surface area contributed by atoms with E-state index in [0.29, 0.717) is 12.2 Å². The predicted molar refractivity (Wildman–Crippen MR) is 107 cm³/mol. The maximum atomic E-state index is 12.4. The molecule has 1 atom stereocenters. The van der Waals surface area contributed by atoms with E-state index in [2.05, 4.69) is 52.6 Å². The highest BCUT2D eigenvalue weighted by molar-refractivity contribution is 5.93. The average Bonchev–Trinajstić information content (AvgIpc) is 3.29. The number of H-pyrrole nitrogens is 1. The molecule has 1 amide bonds. The zero-order valence-electron chi connectivity index (χ0n) is 15.5. The van der Waals surface area contributed by atoms with E-state index in [4.69, 9.17) is 0 Å². The van der Waals surface area contributed by atoms with Crippen molar-refractivity contribution >= 4 is 16.8 Å². The molecule has 0 saturated heterocycles. The number of para-hydroxylation sites is 1. The molecule has 1 aliphatic rings. The van der Waals surface area contributed by atoms with Crippen LogP contribution in [0.2, 0.25) is 0 Å². The minimum Gasteiger partial charge on any atom is -0.358 e. The zero-order valence-corrected chi connectivity index (χ0v) is 15.5. The number of fused-ring (bicyclic) bond motifs is 1. The first-order chi connectivity index (χ1) is 13.1. The van der Waals surface area contributed by atoms with Crippen LogP contribution < -0.4 is 5.32 Å². The predicted octanol–water partition coefficient (Wildman–Crippen LogP) is 4.53. The van der Waals surface area contributed by atoms with Crippen LogP contribution in [0.25, 0.3) is 10.9 Å². The first-order valence-electron chi connectivity index (χ1n) is 9.16. The molecule has 27 heavy (non-hydrogen) atoms. The van der Waals surface area contributed by atoms with Crippen LogP contribution >= 0.6 is 0 Å². The molecule has 4 rings (SSSR count). The smallest absolute Gasteiger partial charge is 0.271 e. The molecule has 0 fully saturated rings. The van der Waals surface area contributed by atoms with E-state index in [1.165, 1.54) is 22.0 Å². The Kier molecular flexibility index (Phi) is 4.59. The van der Waals surface area contributed by atoms with Crippen LogP contribution in [0.1, 0.15) is 28.4 Å². The molecule has 136 valence electrons. The number of rotatable bonds is 5. The van der Waals surface area contributed by atoms with Crippen molar-refractivity contribution in [3.63, 3.8) is 0 Å². The lowest BCUT2D eigenvalue weighted by Crippen LogP contribution is -2.26. The number of aromatic amines is 1. The second-order valence-corrected chi connectivity index (χ2v) is 6.85. The summed E-state index contributed by atoms with van der Waals surface area (Å²) in [5, 5.41) is 12.4. The number of carbonyl (C=O) groups excluding carboxylic acids is 1. The Morgan fingerprint density at radius 2 is 1.93 bits per heavy atom. The second-order valence-electron chi connectivity index (χ2n) is 6.85. The lowest BCUT2D eigenvalue weighted by atomic mass is 10.1. The van der Waals surface area contributed by atoms with Gasteiger partial charge in [-0.15, -0.1) is 5.11 Å². The van der Waals surface area contributed by atoms with Crippen LogP contribution in [-0.2, 0) is 11.2 Å². The van der Waals surface area contributed by atoms with E-state index in [0.717, 1.165) is 17.7 Å². The third-order valence-electron chi connectivity index (χ3n) is 5.00. The van der Waals surface area contributed by atoms with Gasteiger partial charge in [-0.3, -0.25) is 4.79 Å². The summed E-state index contributed by atoms with van der Waals surface area (Å²) < 4.78 is 0. The van der Waals surface area contributed by atoms with Gasteiger partial charge in [0.05, 0.1) is 0 Å². The quantitative estimate of drug-likeness (QED) is 0.691. The van der Waals surface area contributed by atoms with Crippen molar-refractivity contribution in [1.29, 1.82) is 0 Å². The molecule has 0 saturated carbocycles. The summed E-state index contributed by atoms with van der Waals surface area (Å²) in [7, 11) is 0. The molecule has 1 unspecified atom stereocenters. The molecule has 2 aromatic carbocycles. The summed E-state index contributed by atoms with van der Waals surface area (Å²) in [5.74, 6) is -0.175. The molecule has 2 N–H and O–H groups in total. The minimum absolute atomic E-state index is 0.175. The Hall–Kier alpha value is -3.21. The summed E-state index contributed by atoms with van der Waals surface area (Å²) in [6, 6.07) is 16.0. The Bertz CT molecular complexity index is 1050. The first kappa shape index (κ1) is 17.2. The van der Waals surface area contributed by atoms with Crippen molar-refractivity contribution in [2.75, 3.05) is 6.54 Å². The normalized spacial score (nSPS) is 15.9. The van der Waals surface area contributed by atoms with E-state index < -0.39 is 0 Å². The maximum Gasteiger partial charge on any atom is 0.271 e. The highest BCUT2D eigenvalue weighted by atomic mass is 16.2. The topological polar surface area (TPSA) is 69.6 Å². The van der Waals surface area contributed by atoms with E-state index in [1.807, 2.05) is 36.4 Å². The van der Waals surface area contributed by atoms with Crippen LogP contribution in [0.4, 0.5) is 0 Å². The Morgan fingerprint density at radius 1 is 1.11 bits per heavy atom. The van der Waals surface area contributed by atoms with Gasteiger partial charge in [-0.25, -0.2) is 0 Å². The SMILES string of the molecule is Cc1[nH]c2c(C)cccc2c1CCNC(=O)C1=CC(c2ccccc2)N=N1. The summed E-state index contributed by atoms with van der Waals surface area (Å²) in [6.45, 7) is 4.74. The van der Waals surface area contributed by atoms with Gasteiger partial charge < -0.3 is 10.3 Å². The van der Waals surface area contributed by atoms with Crippen molar-refractivity contribution in [3.05, 3.63) is 82.7 Å². The van der Waals surface area contributed by atoms with E-state index in [9.17, 15) is 4.79 Å². The lowest BCUT2D eigenvalue weighted by Gasteiger charge is -2.05. The molecule has 1 aliphatic heterocycles. The summed E-state index contributed by atoms with van der Waals surface area (Å²) in [4.78, 5) is 15.9. The molecule has 3 aromatic rings. The Labute approximate surface area is 158 Å². The molecule has 5 nitrogen and oxygen atoms in total. The highest BCUT2D eigenvalue weighted by Crippen LogP contribution is 2.27. The fourth-order valence-corrected chi connectivity index (χ4v) is 3.54. The zero-order chi connectivity index (χ0) is 18.8. The van der Waals surface area contributed by atoms with E-state index in [-0.39, 0.29) is 11.9 Å². The van der Waals surface area contributed by atoms with Gasteiger partial charge in [-0.2, -0.15) is 5.11 Å². The molecule has 0 bridgehead atoms. The first-order valence-corrected chi connectivity index (χ1v) is 9.16. The number of hydrogen-bond acceptors (Lipinski definition) is 3. The standard InChI is InChI=1S/C22H22N4O/c1-14-7-6-10-18-17(15(2)24-21(14)18)11-12-23-22(27)20-13-19(25-26-20)16-8-4-3-5-9-16/h3-10,13,19,24H,11-12H2,1-2H3,(H,23,27). The largest absolute Gasteiger partial charge is 0.358 e. The Morgan fingerprint density at radius 3 is 2.74 bits per heavy atom. The lowest BCUT2D eigenvalue weighted by molar-refractivity contribution is -0.117. The fraction of sp³-hybridized carbons (Fsp3) is 0.227. The molecular formula is C22H22N4O. The van der Waals surface area contributed by atoms with Gasteiger partial charge in [0.1, 0.15) is 11.7 Å². The summed E-state index contributed by atoms with van der Waals surface area (Å²) in [6.07, 6.45) is 2.58. The number of hydrogen-bond donors (Lipinski definition) is 2. The number of nitrogens with one attached hydrogen (secondary N) is 2. The molecule has 1 aromatic heterocycles. The fourth-order valence-electron chi connectivity index (χ4n) is 3.54. The summed E-state index contributed by atoms with van der Waals surface area (Å²) >= 11 is 0. The molecule has 0 radical (unpaired) electrons. The third kappa shape index (κ3) is 3.40. The molecule has 2 heterocycles. The number of amides is 1. The van der Waals surface area contributed by atoms with Gasteiger partial charge in [-0.05, 0) is 43.0 Å². The number of benzene rings is 2. The van der Waals surface area contributed by atoms with Gasteiger partial charge >= 0.3 is 0 Å². The molecule has 0 spiro atoms. The monoisotopic (exact) mass is 358 g/mol. The van der Waals surface area contributed by atoms with Gasteiger partial charge in [0, 0.05) is 23.1 Å². The molecule has 0 aliphatic carbocycles. The van der Waals surface area contributed by atoms with Crippen molar-refractivity contribution in [2.45, 2.75) is 26.3 Å². The number of azo groups is 1. The van der Waals surface area contributed by atoms with Crippen molar-refractivity contribution in [3.8, 4) is 0 Å². The average molecular weight is 358 g/mol. The van der Waals surface area contributed by atoms with Crippen molar-refractivity contribution in [2.24, 2.45) is 10.2 Å². The van der Waals surface area contributed by atoms with Crippen LogP contribution in [0.3, 0.4) is 0 Å². The number of aryl methyl sites for hydroxylation is 2. The molecule has 5 heteroatoms. The third-order valence-corrected chi connectivity index (χ3v) is 5.00. The highest BCUT2D eigenvalue weighted by Gasteiger charge is 2.19. The van der Waals surface area contributed by atoms with Gasteiger partial charge in [0.25, 0.3) is 5.91 Å². The van der Waals surface area contributed by atoms with Crippen molar-refractivity contribution < 1.29 is 4.79 Å². The van der Waals surface area contributed by atoms with Crippen molar-refractivity contribution in [1.82, 2.24) is 10.3 Å². The van der Waals surface area contributed by atoms with Crippen LogP contribution in [-0.4, -0.2) is 17.4 Å². The number of aromatic nitrogens is 1. The van der Waals surface area contributed by atoms with Gasteiger partial charge in [0.15, 0.2) is 0 Å². The number of nitrogens with zero attached hydrogens (tertiary/aromatic N) is 2. The van der Waals surface area contributed by atoms with E-state index in [1.54, 1.807) is 0 Å². The van der Waals surface area contributed by atoms with E-state index >= 15 is 0 Å². The second kappa shape index (κ2) is 7.19. The van der Waals surface area contributed by atoms with Crippen LogP contribution in [0, 0.1) is 13.8 Å². The summed E-state index contributed by atoms with van der Waals surface area (Å²) in [5.41, 5.74) is 6.23. The molecular weight excluding hydrogens is 336 g/mol. The van der Waals surface area contributed by atoms with Gasteiger partial charge in [-0.1, -0.05) is 48.5 Å². The van der Waals surface area contributed by atoms with Crippen LogP contribution in [0.5, 0.6) is 0 Å². The maximum absolute atomic E-state index is 12.4. The van der Waals surface area contributed by atoms with Gasteiger partial charge in [0.2, 0.25) is 0 Å². The Balaban J connectivity index is 1.40.